The quantitative estimate of drug-likeness (QED) is 0.279. The number of esters is 1. The molecule has 0 radical (unpaired) electrons. The van der Waals surface area contributed by atoms with Crippen LogP contribution in [-0.2, 0) is 23.8 Å². The fourth-order valence-electron chi connectivity index (χ4n) is 4.24. The van der Waals surface area contributed by atoms with Gasteiger partial charge in [-0.25, -0.2) is 4.79 Å². The number of alkyl carbamates (subject to hydrolysis) is 1. The maximum atomic E-state index is 13.0. The molecule has 0 saturated heterocycles. The van der Waals surface area contributed by atoms with Crippen molar-refractivity contribution in [2.45, 2.75) is 93.1 Å². The number of hydrogen-bond acceptors (Lipinski definition) is 7. The number of amides is 1. The normalized spacial score (nSPS) is 18.1. The third-order valence-corrected chi connectivity index (χ3v) is 5.81. The molecule has 0 aromatic heterocycles. The Labute approximate surface area is 222 Å². The molecule has 1 aliphatic heterocycles. The van der Waals surface area contributed by atoms with Gasteiger partial charge in [-0.1, -0.05) is 40.2 Å². The van der Waals surface area contributed by atoms with Crippen LogP contribution in [0.2, 0.25) is 0 Å². The van der Waals surface area contributed by atoms with Gasteiger partial charge >= 0.3 is 12.1 Å². The Morgan fingerprint density at radius 3 is 2.43 bits per heavy atom. The van der Waals surface area contributed by atoms with Crippen molar-refractivity contribution in [1.29, 1.82) is 0 Å². The summed E-state index contributed by atoms with van der Waals surface area (Å²) in [5.41, 5.74) is 1.93. The molecule has 2 rings (SSSR count). The third-order valence-electron chi connectivity index (χ3n) is 5.81. The number of carbonyl (C=O) groups is 3. The van der Waals surface area contributed by atoms with Crippen LogP contribution < -0.4 is 5.32 Å². The van der Waals surface area contributed by atoms with E-state index in [1.165, 1.54) is 0 Å². The molecule has 0 bridgehead atoms. The molecule has 8 nitrogen and oxygen atoms in total. The molecule has 2 aliphatic rings. The average molecular weight is 519 g/mol. The van der Waals surface area contributed by atoms with E-state index in [0.29, 0.717) is 31.9 Å². The smallest absolute Gasteiger partial charge is 0.407 e. The second kappa shape index (κ2) is 13.2. The number of rotatable bonds is 11. The minimum absolute atomic E-state index is 0.0508. The predicted octanol–water partition coefficient (Wildman–Crippen LogP) is 5.64. The fraction of sp³-hybridized carbons (Fsp3) is 0.690. The van der Waals surface area contributed by atoms with Gasteiger partial charge in [0.15, 0.2) is 0 Å². The first-order valence-electron chi connectivity index (χ1n) is 13.4. The number of ether oxygens (including phenoxy) is 3. The molecule has 8 heteroatoms. The molecule has 1 N–H and O–H groups in total. The van der Waals surface area contributed by atoms with Crippen molar-refractivity contribution in [3.63, 3.8) is 0 Å². The zero-order valence-corrected chi connectivity index (χ0v) is 24.0. The number of ketones is 1. The van der Waals surface area contributed by atoms with Crippen molar-refractivity contribution < 1.29 is 28.6 Å². The predicted molar refractivity (Wildman–Crippen MR) is 143 cm³/mol. The standard InChI is InChI=1S/C29H46N2O6/c1-9-11-14-36-26-22-15-20(12-13-25(33)35-10-2)24(32)16-21(22)18-31(19-28(3,4)5)23(26)17-30-27(34)37-29(6,7)8/h15,18,20H,9-14,16-17,19H2,1-8H3,(H,30,34). The molecule has 1 atom stereocenters. The Bertz CT molecular complexity index is 933. The zero-order chi connectivity index (χ0) is 27.8. The zero-order valence-electron chi connectivity index (χ0n) is 24.0. The lowest BCUT2D eigenvalue weighted by atomic mass is 9.81. The lowest BCUT2D eigenvalue weighted by molar-refractivity contribution is -0.143. The number of fused-ring (bicyclic) bond motifs is 1. The van der Waals surface area contributed by atoms with Crippen molar-refractivity contribution in [3.8, 4) is 0 Å². The maximum absolute atomic E-state index is 13.0. The molecule has 1 amide bonds. The number of nitrogens with zero attached hydrogens (tertiary/aromatic N) is 1. The molecule has 0 fully saturated rings. The highest BCUT2D eigenvalue weighted by Gasteiger charge is 2.35. The van der Waals surface area contributed by atoms with E-state index in [2.05, 4.69) is 37.9 Å². The first-order chi connectivity index (χ1) is 17.2. The minimum atomic E-state index is -0.609. The number of allylic oxidation sites excluding steroid dienone is 2. The summed E-state index contributed by atoms with van der Waals surface area (Å²) in [6, 6.07) is 0. The van der Waals surface area contributed by atoms with Crippen LogP contribution in [-0.4, -0.2) is 54.7 Å². The van der Waals surface area contributed by atoms with Gasteiger partial charge in [0.1, 0.15) is 17.1 Å². The summed E-state index contributed by atoms with van der Waals surface area (Å²) in [7, 11) is 0. The minimum Gasteiger partial charge on any atom is -0.491 e. The monoisotopic (exact) mass is 518 g/mol. The number of Topliss-reactive ketones (excluding diaryl/α,β-unsaturated/α-hetero) is 1. The van der Waals surface area contributed by atoms with E-state index in [0.717, 1.165) is 29.7 Å². The summed E-state index contributed by atoms with van der Waals surface area (Å²) in [5, 5.41) is 2.89. The van der Waals surface area contributed by atoms with E-state index in [9.17, 15) is 14.4 Å². The topological polar surface area (TPSA) is 94.2 Å². The number of nitrogens with one attached hydrogen (secondary N) is 1. The van der Waals surface area contributed by atoms with Gasteiger partial charge in [0.05, 0.1) is 25.5 Å². The fourth-order valence-corrected chi connectivity index (χ4v) is 4.24. The van der Waals surface area contributed by atoms with Crippen LogP contribution in [0.4, 0.5) is 4.79 Å². The van der Waals surface area contributed by atoms with Gasteiger partial charge in [-0.2, -0.15) is 0 Å². The molecule has 208 valence electrons. The van der Waals surface area contributed by atoms with Gasteiger partial charge in [0.2, 0.25) is 0 Å². The molecule has 0 saturated carbocycles. The SMILES string of the molecule is CCCCOC1=C(CNC(=O)OC(C)(C)C)N(CC(C)(C)C)C=C2CC(=O)C(CCC(=O)OCC)C=C21. The Balaban J connectivity index is 2.46. The number of hydrogen-bond donors (Lipinski definition) is 1. The third kappa shape index (κ3) is 9.90. The van der Waals surface area contributed by atoms with Crippen LogP contribution >= 0.6 is 0 Å². The first kappa shape index (κ1) is 30.5. The van der Waals surface area contributed by atoms with E-state index in [1.807, 2.05) is 33.0 Å². The number of unbranched alkanes of at least 4 members (excludes halogenated alkanes) is 1. The van der Waals surface area contributed by atoms with Crippen molar-refractivity contribution in [2.75, 3.05) is 26.3 Å². The van der Waals surface area contributed by atoms with Crippen LogP contribution in [0.25, 0.3) is 0 Å². The largest absolute Gasteiger partial charge is 0.491 e. The Morgan fingerprint density at radius 1 is 1.14 bits per heavy atom. The summed E-state index contributed by atoms with van der Waals surface area (Å²) in [6.07, 6.45) is 6.15. The number of carbonyl (C=O) groups excluding carboxylic acids is 3. The summed E-state index contributed by atoms with van der Waals surface area (Å²) >= 11 is 0. The van der Waals surface area contributed by atoms with Crippen LogP contribution in [0.3, 0.4) is 0 Å². The summed E-state index contributed by atoms with van der Waals surface area (Å²) in [6.45, 7) is 17.5. The van der Waals surface area contributed by atoms with Crippen LogP contribution in [0.1, 0.15) is 87.5 Å². The van der Waals surface area contributed by atoms with Gasteiger partial charge in [-0.05, 0) is 51.5 Å². The molecule has 1 unspecified atom stereocenters. The van der Waals surface area contributed by atoms with E-state index >= 15 is 0 Å². The first-order valence-corrected chi connectivity index (χ1v) is 13.4. The van der Waals surface area contributed by atoms with Crippen LogP contribution in [0, 0.1) is 11.3 Å². The van der Waals surface area contributed by atoms with E-state index in [-0.39, 0.29) is 36.6 Å². The van der Waals surface area contributed by atoms with Crippen molar-refractivity contribution in [2.24, 2.45) is 11.3 Å². The highest BCUT2D eigenvalue weighted by molar-refractivity contribution is 5.89. The second-order valence-electron chi connectivity index (χ2n) is 11.8. The second-order valence-corrected chi connectivity index (χ2v) is 11.8. The molecule has 1 heterocycles. The summed E-state index contributed by atoms with van der Waals surface area (Å²) in [5.74, 6) is 0.0703. The average Bonchev–Trinajstić information content (AvgIpc) is 2.75. The Morgan fingerprint density at radius 2 is 1.84 bits per heavy atom. The molecule has 37 heavy (non-hydrogen) atoms. The maximum Gasteiger partial charge on any atom is 0.407 e. The molecule has 0 aromatic rings. The van der Waals surface area contributed by atoms with Gasteiger partial charge in [0.25, 0.3) is 0 Å². The van der Waals surface area contributed by atoms with E-state index in [1.54, 1.807) is 6.92 Å². The Kier molecular flexibility index (Phi) is 10.8. The summed E-state index contributed by atoms with van der Waals surface area (Å²) < 4.78 is 16.9. The molecular weight excluding hydrogens is 472 g/mol. The van der Waals surface area contributed by atoms with E-state index in [4.69, 9.17) is 14.2 Å². The molecule has 0 aromatic carbocycles. The Hall–Kier alpha value is -2.77. The van der Waals surface area contributed by atoms with Crippen LogP contribution in [0.5, 0.6) is 0 Å². The molecule has 1 aliphatic carbocycles. The van der Waals surface area contributed by atoms with Crippen molar-refractivity contribution >= 4 is 17.8 Å². The highest BCUT2D eigenvalue weighted by Crippen LogP contribution is 2.39. The highest BCUT2D eigenvalue weighted by atomic mass is 16.6. The molecular formula is C29H46N2O6. The van der Waals surface area contributed by atoms with Gasteiger partial charge in [-0.15, -0.1) is 0 Å². The lowest BCUT2D eigenvalue weighted by Crippen LogP contribution is -2.40. The van der Waals surface area contributed by atoms with E-state index < -0.39 is 17.6 Å². The van der Waals surface area contributed by atoms with Gasteiger partial charge in [0, 0.05) is 37.1 Å². The van der Waals surface area contributed by atoms with Gasteiger partial charge in [-0.3, -0.25) is 9.59 Å². The van der Waals surface area contributed by atoms with Gasteiger partial charge < -0.3 is 24.4 Å². The van der Waals surface area contributed by atoms with Crippen molar-refractivity contribution in [1.82, 2.24) is 10.2 Å². The summed E-state index contributed by atoms with van der Waals surface area (Å²) in [4.78, 5) is 39.6. The van der Waals surface area contributed by atoms with Crippen molar-refractivity contribution in [3.05, 3.63) is 34.9 Å². The van der Waals surface area contributed by atoms with Crippen LogP contribution in [0.15, 0.2) is 34.9 Å². The molecule has 0 spiro atoms. The lowest BCUT2D eigenvalue weighted by Gasteiger charge is -2.38.